The van der Waals surface area contributed by atoms with Crippen LogP contribution in [0.3, 0.4) is 0 Å². The number of amides is 2. The predicted molar refractivity (Wildman–Crippen MR) is 99.8 cm³/mol. The predicted octanol–water partition coefficient (Wildman–Crippen LogP) is 1.49. The Kier molecular flexibility index (Phi) is 5.93. The minimum atomic E-state index is -0.00981. The number of aliphatic hydroxyl groups excluding tert-OH is 1. The molecular formula is C19H30N4O2. The van der Waals surface area contributed by atoms with Crippen molar-refractivity contribution in [2.75, 3.05) is 44.2 Å². The van der Waals surface area contributed by atoms with Gasteiger partial charge in [-0.25, -0.2) is 4.79 Å². The monoisotopic (exact) mass is 346 g/mol. The van der Waals surface area contributed by atoms with Gasteiger partial charge in [0.2, 0.25) is 0 Å². The largest absolute Gasteiger partial charge is 0.396 e. The normalized spacial score (nSPS) is 22.6. The van der Waals surface area contributed by atoms with Crippen LogP contribution in [0.5, 0.6) is 0 Å². The summed E-state index contributed by atoms with van der Waals surface area (Å²) in [5.41, 5.74) is 2.23. The molecule has 3 rings (SSSR count). The minimum absolute atomic E-state index is 0.00981. The number of rotatable bonds is 6. The highest BCUT2D eigenvalue weighted by Crippen LogP contribution is 2.21. The average molecular weight is 346 g/mol. The summed E-state index contributed by atoms with van der Waals surface area (Å²) < 4.78 is 0. The highest BCUT2D eigenvalue weighted by Gasteiger charge is 2.28. The van der Waals surface area contributed by atoms with Crippen LogP contribution in [0.2, 0.25) is 0 Å². The first kappa shape index (κ1) is 18.2. The third-order valence-electron chi connectivity index (χ3n) is 5.25. The van der Waals surface area contributed by atoms with Gasteiger partial charge in [0.05, 0.1) is 0 Å². The van der Waals surface area contributed by atoms with E-state index in [0.717, 1.165) is 44.8 Å². The van der Waals surface area contributed by atoms with Gasteiger partial charge in [0, 0.05) is 63.6 Å². The van der Waals surface area contributed by atoms with Crippen molar-refractivity contribution < 1.29 is 9.90 Å². The third-order valence-corrected chi connectivity index (χ3v) is 5.25. The zero-order chi connectivity index (χ0) is 17.8. The van der Waals surface area contributed by atoms with Gasteiger partial charge in [0.1, 0.15) is 0 Å². The Bertz CT molecular complexity index is 575. The highest BCUT2D eigenvalue weighted by atomic mass is 16.3. The van der Waals surface area contributed by atoms with Gasteiger partial charge in [-0.05, 0) is 38.0 Å². The first-order chi connectivity index (χ1) is 12.1. The molecular weight excluding hydrogens is 316 g/mol. The van der Waals surface area contributed by atoms with E-state index in [4.69, 9.17) is 0 Å². The van der Waals surface area contributed by atoms with Crippen molar-refractivity contribution in [2.24, 2.45) is 0 Å². The number of hydrogen-bond acceptors (Lipinski definition) is 4. The van der Waals surface area contributed by atoms with Crippen molar-refractivity contribution in [3.8, 4) is 0 Å². The molecule has 0 radical (unpaired) electrons. The SMILES string of the molecule is CC(C)N1CCN(Cc2ccc(N3CCNC3=O)cc2)C[C@H]1CCO. The van der Waals surface area contributed by atoms with Gasteiger partial charge in [-0.15, -0.1) is 0 Å². The number of anilines is 1. The quantitative estimate of drug-likeness (QED) is 0.819. The Morgan fingerprint density at radius 1 is 1.20 bits per heavy atom. The van der Waals surface area contributed by atoms with E-state index in [2.05, 4.69) is 41.1 Å². The molecule has 2 N–H and O–H groups in total. The number of piperazine rings is 1. The summed E-state index contributed by atoms with van der Waals surface area (Å²) >= 11 is 0. The molecule has 0 aliphatic carbocycles. The molecule has 1 aromatic rings. The van der Waals surface area contributed by atoms with E-state index in [9.17, 15) is 9.90 Å². The van der Waals surface area contributed by atoms with E-state index < -0.39 is 0 Å². The van der Waals surface area contributed by atoms with Crippen LogP contribution in [0.1, 0.15) is 25.8 Å². The first-order valence-electron chi connectivity index (χ1n) is 9.31. The fourth-order valence-electron chi connectivity index (χ4n) is 3.92. The second kappa shape index (κ2) is 8.17. The van der Waals surface area contributed by atoms with Gasteiger partial charge in [0.25, 0.3) is 0 Å². The van der Waals surface area contributed by atoms with Crippen LogP contribution in [-0.2, 0) is 6.54 Å². The van der Waals surface area contributed by atoms with Crippen molar-refractivity contribution in [1.82, 2.24) is 15.1 Å². The van der Waals surface area contributed by atoms with Crippen molar-refractivity contribution in [2.45, 2.75) is 38.9 Å². The van der Waals surface area contributed by atoms with Gasteiger partial charge in [-0.3, -0.25) is 14.7 Å². The van der Waals surface area contributed by atoms with Gasteiger partial charge in [0.15, 0.2) is 0 Å². The van der Waals surface area contributed by atoms with E-state index in [1.807, 2.05) is 12.1 Å². The number of urea groups is 1. The van der Waals surface area contributed by atoms with Crippen molar-refractivity contribution in [3.05, 3.63) is 29.8 Å². The molecule has 1 atom stereocenters. The Hall–Kier alpha value is -1.63. The lowest BCUT2D eigenvalue weighted by Gasteiger charge is -2.43. The Morgan fingerprint density at radius 2 is 1.96 bits per heavy atom. The molecule has 2 amide bonds. The fraction of sp³-hybridized carbons (Fsp3) is 0.632. The summed E-state index contributed by atoms with van der Waals surface area (Å²) in [6, 6.07) is 9.25. The number of carbonyl (C=O) groups excluding carboxylic acids is 1. The maximum atomic E-state index is 11.7. The third kappa shape index (κ3) is 4.32. The van der Waals surface area contributed by atoms with Crippen molar-refractivity contribution >= 4 is 11.7 Å². The van der Waals surface area contributed by atoms with E-state index in [-0.39, 0.29) is 12.6 Å². The molecule has 0 aromatic heterocycles. The minimum Gasteiger partial charge on any atom is -0.396 e. The van der Waals surface area contributed by atoms with E-state index >= 15 is 0 Å². The van der Waals surface area contributed by atoms with Crippen LogP contribution in [0.25, 0.3) is 0 Å². The molecule has 0 spiro atoms. The van der Waals surface area contributed by atoms with Gasteiger partial charge in [-0.2, -0.15) is 0 Å². The number of benzene rings is 1. The van der Waals surface area contributed by atoms with Crippen LogP contribution in [-0.4, -0.2) is 72.4 Å². The second-order valence-corrected chi connectivity index (χ2v) is 7.28. The molecule has 0 bridgehead atoms. The molecule has 2 heterocycles. The molecule has 6 heteroatoms. The fourth-order valence-corrected chi connectivity index (χ4v) is 3.92. The smallest absolute Gasteiger partial charge is 0.321 e. The molecule has 1 aromatic carbocycles. The lowest BCUT2D eigenvalue weighted by atomic mass is 10.1. The molecule has 2 fully saturated rings. The van der Waals surface area contributed by atoms with Crippen LogP contribution in [0, 0.1) is 0 Å². The molecule has 138 valence electrons. The summed E-state index contributed by atoms with van der Waals surface area (Å²) in [7, 11) is 0. The summed E-state index contributed by atoms with van der Waals surface area (Å²) in [5, 5.41) is 12.2. The zero-order valence-corrected chi connectivity index (χ0v) is 15.3. The zero-order valence-electron chi connectivity index (χ0n) is 15.3. The van der Waals surface area contributed by atoms with E-state index in [1.165, 1.54) is 5.56 Å². The topological polar surface area (TPSA) is 59.0 Å². The summed E-state index contributed by atoms with van der Waals surface area (Å²) in [4.78, 5) is 18.5. The van der Waals surface area contributed by atoms with Crippen LogP contribution in [0.15, 0.2) is 24.3 Å². The van der Waals surface area contributed by atoms with Gasteiger partial charge in [-0.1, -0.05) is 12.1 Å². The van der Waals surface area contributed by atoms with Crippen LogP contribution in [0.4, 0.5) is 10.5 Å². The van der Waals surface area contributed by atoms with E-state index in [1.54, 1.807) is 4.90 Å². The molecule has 0 unspecified atom stereocenters. The molecule has 0 saturated carbocycles. The van der Waals surface area contributed by atoms with Gasteiger partial charge >= 0.3 is 6.03 Å². The average Bonchev–Trinajstić information content (AvgIpc) is 3.02. The maximum absolute atomic E-state index is 11.7. The number of hydrogen-bond donors (Lipinski definition) is 2. The van der Waals surface area contributed by atoms with Crippen molar-refractivity contribution in [3.63, 3.8) is 0 Å². The highest BCUT2D eigenvalue weighted by molar-refractivity contribution is 5.93. The number of nitrogens with zero attached hydrogens (tertiary/aromatic N) is 3. The second-order valence-electron chi connectivity index (χ2n) is 7.28. The standard InChI is InChI=1S/C19H30N4O2/c1-15(2)22-11-10-21(14-18(22)7-12-24)13-16-3-5-17(6-4-16)23-9-8-20-19(23)25/h3-6,15,18,24H,7-14H2,1-2H3,(H,20,25)/t18-/m1/s1. The lowest BCUT2D eigenvalue weighted by Crippen LogP contribution is -2.55. The molecule has 2 aliphatic rings. The number of aliphatic hydroxyl groups is 1. The summed E-state index contributed by atoms with van der Waals surface area (Å²) in [6.45, 7) is 10.2. The molecule has 2 saturated heterocycles. The number of carbonyl (C=O) groups is 1. The molecule has 25 heavy (non-hydrogen) atoms. The molecule has 2 aliphatic heterocycles. The van der Waals surface area contributed by atoms with Crippen LogP contribution < -0.4 is 10.2 Å². The summed E-state index contributed by atoms with van der Waals surface area (Å²) in [5.74, 6) is 0. The lowest BCUT2D eigenvalue weighted by molar-refractivity contribution is 0.0349. The first-order valence-corrected chi connectivity index (χ1v) is 9.31. The van der Waals surface area contributed by atoms with Crippen LogP contribution >= 0.6 is 0 Å². The Labute approximate surface area is 150 Å². The van der Waals surface area contributed by atoms with Crippen molar-refractivity contribution in [1.29, 1.82) is 0 Å². The summed E-state index contributed by atoms with van der Waals surface area (Å²) in [6.07, 6.45) is 0.831. The number of nitrogens with one attached hydrogen (secondary N) is 1. The molecule has 6 nitrogen and oxygen atoms in total. The van der Waals surface area contributed by atoms with Gasteiger partial charge < -0.3 is 10.4 Å². The van der Waals surface area contributed by atoms with E-state index in [0.29, 0.717) is 18.6 Å². The Balaban J connectivity index is 1.59. The maximum Gasteiger partial charge on any atom is 0.321 e. The Morgan fingerprint density at radius 3 is 2.56 bits per heavy atom.